The standard InChI is InChI=1S/C9H8BrN3S/c1-2-7-5-6(3-4-11-7)8-12-13-9(10)14-8/h3-5H,2H2,1H3. The van der Waals surface area contributed by atoms with Gasteiger partial charge in [-0.1, -0.05) is 18.3 Å². The second-order valence-electron chi connectivity index (χ2n) is 2.75. The number of aromatic nitrogens is 3. The molecule has 0 fully saturated rings. The molecule has 5 heteroatoms. The zero-order chi connectivity index (χ0) is 9.97. The van der Waals surface area contributed by atoms with Gasteiger partial charge in [0.05, 0.1) is 0 Å². The summed E-state index contributed by atoms with van der Waals surface area (Å²) >= 11 is 4.82. The SMILES string of the molecule is CCc1cc(-c2nnc(Br)s2)ccn1. The Labute approximate surface area is 94.4 Å². The highest BCUT2D eigenvalue weighted by atomic mass is 79.9. The maximum Gasteiger partial charge on any atom is 0.183 e. The summed E-state index contributed by atoms with van der Waals surface area (Å²) in [5.41, 5.74) is 2.16. The van der Waals surface area contributed by atoms with Crippen LogP contribution in [0.1, 0.15) is 12.6 Å². The minimum absolute atomic E-state index is 0.808. The van der Waals surface area contributed by atoms with Gasteiger partial charge in [0.15, 0.2) is 3.92 Å². The van der Waals surface area contributed by atoms with E-state index in [1.165, 1.54) is 11.3 Å². The molecule has 0 aliphatic rings. The van der Waals surface area contributed by atoms with Crippen LogP contribution in [0.5, 0.6) is 0 Å². The molecule has 0 saturated carbocycles. The molecule has 0 aromatic carbocycles. The van der Waals surface area contributed by atoms with Crippen molar-refractivity contribution in [3.05, 3.63) is 27.9 Å². The fourth-order valence-corrected chi connectivity index (χ4v) is 2.23. The summed E-state index contributed by atoms with van der Waals surface area (Å²) in [5.74, 6) is 0. The zero-order valence-corrected chi connectivity index (χ0v) is 9.97. The molecule has 72 valence electrons. The van der Waals surface area contributed by atoms with Gasteiger partial charge in [0.25, 0.3) is 0 Å². The molecule has 0 saturated heterocycles. The molecule has 0 amide bonds. The van der Waals surface area contributed by atoms with Crippen molar-refractivity contribution in [3.63, 3.8) is 0 Å². The van der Waals surface area contributed by atoms with E-state index in [0.29, 0.717) is 0 Å². The van der Waals surface area contributed by atoms with E-state index >= 15 is 0 Å². The van der Waals surface area contributed by atoms with E-state index in [2.05, 4.69) is 38.0 Å². The Morgan fingerprint density at radius 1 is 1.43 bits per heavy atom. The van der Waals surface area contributed by atoms with Crippen molar-refractivity contribution in [1.82, 2.24) is 15.2 Å². The molecule has 2 aromatic heterocycles. The molecule has 0 aliphatic carbocycles. The van der Waals surface area contributed by atoms with Gasteiger partial charge in [-0.25, -0.2) is 0 Å². The Bertz CT molecular complexity index is 441. The van der Waals surface area contributed by atoms with E-state index in [9.17, 15) is 0 Å². The number of hydrogen-bond donors (Lipinski definition) is 0. The van der Waals surface area contributed by atoms with E-state index in [4.69, 9.17) is 0 Å². The third-order valence-corrected chi connectivity index (χ3v) is 3.23. The first-order valence-electron chi connectivity index (χ1n) is 4.24. The van der Waals surface area contributed by atoms with E-state index in [1.807, 2.05) is 18.3 Å². The van der Waals surface area contributed by atoms with Gasteiger partial charge >= 0.3 is 0 Å². The highest BCUT2D eigenvalue weighted by molar-refractivity contribution is 9.11. The van der Waals surface area contributed by atoms with Crippen LogP contribution in [0.25, 0.3) is 10.6 Å². The van der Waals surface area contributed by atoms with E-state index in [0.717, 1.165) is 26.6 Å². The Morgan fingerprint density at radius 2 is 2.29 bits per heavy atom. The van der Waals surface area contributed by atoms with Crippen LogP contribution in [0.15, 0.2) is 22.2 Å². The highest BCUT2D eigenvalue weighted by Gasteiger charge is 2.04. The third kappa shape index (κ3) is 1.99. The third-order valence-electron chi connectivity index (χ3n) is 1.83. The van der Waals surface area contributed by atoms with Gasteiger partial charge in [-0.2, -0.15) is 0 Å². The van der Waals surface area contributed by atoms with Crippen molar-refractivity contribution in [2.45, 2.75) is 13.3 Å². The molecular weight excluding hydrogens is 262 g/mol. The van der Waals surface area contributed by atoms with Gasteiger partial charge in [0.1, 0.15) is 5.01 Å². The smallest absolute Gasteiger partial charge is 0.183 e. The molecule has 0 radical (unpaired) electrons. The maximum absolute atomic E-state index is 4.23. The summed E-state index contributed by atoms with van der Waals surface area (Å²) in [6.45, 7) is 2.09. The summed E-state index contributed by atoms with van der Waals surface area (Å²) in [4.78, 5) is 4.23. The predicted molar refractivity (Wildman–Crippen MR) is 60.2 cm³/mol. The van der Waals surface area contributed by atoms with Crippen LogP contribution in [-0.2, 0) is 6.42 Å². The van der Waals surface area contributed by atoms with Crippen molar-refractivity contribution in [2.24, 2.45) is 0 Å². The van der Waals surface area contributed by atoms with Gasteiger partial charge in [-0.05, 0) is 34.5 Å². The van der Waals surface area contributed by atoms with Crippen LogP contribution in [0.2, 0.25) is 0 Å². The molecule has 2 rings (SSSR count). The van der Waals surface area contributed by atoms with Crippen LogP contribution < -0.4 is 0 Å². The van der Waals surface area contributed by atoms with Crippen molar-refractivity contribution in [3.8, 4) is 10.6 Å². The Hall–Kier alpha value is -0.810. The summed E-state index contributed by atoms with van der Waals surface area (Å²) in [6.07, 6.45) is 2.75. The molecule has 0 spiro atoms. The van der Waals surface area contributed by atoms with Crippen LogP contribution in [0, 0.1) is 0 Å². The van der Waals surface area contributed by atoms with Crippen molar-refractivity contribution < 1.29 is 0 Å². The molecule has 0 bridgehead atoms. The zero-order valence-electron chi connectivity index (χ0n) is 7.57. The molecule has 3 nitrogen and oxygen atoms in total. The van der Waals surface area contributed by atoms with Crippen LogP contribution in [0.4, 0.5) is 0 Å². The maximum atomic E-state index is 4.23. The van der Waals surface area contributed by atoms with Crippen molar-refractivity contribution >= 4 is 27.3 Å². The monoisotopic (exact) mass is 269 g/mol. The highest BCUT2D eigenvalue weighted by Crippen LogP contribution is 2.26. The van der Waals surface area contributed by atoms with Gasteiger partial charge < -0.3 is 0 Å². The lowest BCUT2D eigenvalue weighted by molar-refractivity contribution is 1.03. The second kappa shape index (κ2) is 4.14. The van der Waals surface area contributed by atoms with Gasteiger partial charge in [0.2, 0.25) is 0 Å². The normalized spacial score (nSPS) is 10.4. The summed E-state index contributed by atoms with van der Waals surface area (Å²) < 4.78 is 0.808. The number of aryl methyl sites for hydroxylation is 1. The Kier molecular flexibility index (Phi) is 2.88. The fraction of sp³-hybridized carbons (Fsp3) is 0.222. The van der Waals surface area contributed by atoms with E-state index in [-0.39, 0.29) is 0 Å². The lowest BCUT2D eigenvalue weighted by Crippen LogP contribution is -1.86. The second-order valence-corrected chi connectivity index (χ2v) is 5.00. The lowest BCUT2D eigenvalue weighted by Gasteiger charge is -1.97. The summed E-state index contributed by atoms with van der Waals surface area (Å²) in [7, 11) is 0. The van der Waals surface area contributed by atoms with Crippen LogP contribution in [0.3, 0.4) is 0 Å². The molecule has 0 aliphatic heterocycles. The minimum Gasteiger partial charge on any atom is -0.261 e. The first kappa shape index (κ1) is 9.73. The number of pyridine rings is 1. The van der Waals surface area contributed by atoms with Gasteiger partial charge in [0, 0.05) is 17.5 Å². The van der Waals surface area contributed by atoms with Crippen molar-refractivity contribution in [2.75, 3.05) is 0 Å². The molecular formula is C9H8BrN3S. The Balaban J connectivity index is 2.41. The largest absolute Gasteiger partial charge is 0.261 e. The fourth-order valence-electron chi connectivity index (χ4n) is 1.13. The van der Waals surface area contributed by atoms with Gasteiger partial charge in [-0.3, -0.25) is 4.98 Å². The number of halogens is 1. The average molecular weight is 270 g/mol. The van der Waals surface area contributed by atoms with Crippen molar-refractivity contribution in [1.29, 1.82) is 0 Å². The van der Waals surface area contributed by atoms with Crippen LogP contribution >= 0.6 is 27.3 Å². The minimum atomic E-state index is 0.808. The van der Waals surface area contributed by atoms with E-state index < -0.39 is 0 Å². The van der Waals surface area contributed by atoms with Gasteiger partial charge in [-0.15, -0.1) is 10.2 Å². The number of rotatable bonds is 2. The molecule has 2 aromatic rings. The predicted octanol–water partition coefficient (Wildman–Crippen LogP) is 2.93. The average Bonchev–Trinajstić information content (AvgIpc) is 2.65. The van der Waals surface area contributed by atoms with Crippen LogP contribution in [-0.4, -0.2) is 15.2 Å². The Morgan fingerprint density at radius 3 is 2.93 bits per heavy atom. The molecule has 0 unspecified atom stereocenters. The molecule has 0 atom stereocenters. The quantitative estimate of drug-likeness (QED) is 0.842. The first-order valence-corrected chi connectivity index (χ1v) is 5.85. The number of nitrogens with zero attached hydrogens (tertiary/aromatic N) is 3. The lowest BCUT2D eigenvalue weighted by atomic mass is 10.2. The molecule has 14 heavy (non-hydrogen) atoms. The summed E-state index contributed by atoms with van der Waals surface area (Å²) in [6, 6.07) is 4.00. The molecule has 2 heterocycles. The number of hydrogen-bond acceptors (Lipinski definition) is 4. The summed E-state index contributed by atoms with van der Waals surface area (Å²) in [5, 5.41) is 8.89. The molecule has 0 N–H and O–H groups in total. The topological polar surface area (TPSA) is 38.7 Å². The first-order chi connectivity index (χ1) is 6.79. The van der Waals surface area contributed by atoms with E-state index in [1.54, 1.807) is 0 Å².